The number of carbonyl (C=O) groups excluding carboxylic acids is 2. The Morgan fingerprint density at radius 2 is 1.93 bits per heavy atom. The number of hydrogen-bond acceptors (Lipinski definition) is 6. The van der Waals surface area contributed by atoms with Crippen molar-refractivity contribution >= 4 is 17.6 Å². The van der Waals surface area contributed by atoms with Crippen LogP contribution in [0.4, 0.5) is 14.5 Å². The number of nitrogens with zero attached hydrogens (tertiary/aromatic N) is 2. The van der Waals surface area contributed by atoms with Gasteiger partial charge in [0.05, 0.1) is 12.1 Å². The molecule has 0 bridgehead atoms. The van der Waals surface area contributed by atoms with Crippen molar-refractivity contribution in [3.63, 3.8) is 0 Å². The zero-order valence-electron chi connectivity index (χ0n) is 15.4. The number of amides is 1. The standard InChI is InChI=1S/C20H17F2N3O4/c1-12(20(27)23-16-11-14(21)7-8-15(16)22)28-18(26)10-9-17-24-19(25-29-17)13-5-3-2-4-6-13/h2-8,11-12H,9-10H2,1H3,(H,23,27)/t12-/m1/s1. The minimum Gasteiger partial charge on any atom is -0.453 e. The van der Waals surface area contributed by atoms with Gasteiger partial charge in [0.2, 0.25) is 11.7 Å². The van der Waals surface area contributed by atoms with Gasteiger partial charge in [-0.2, -0.15) is 4.98 Å². The van der Waals surface area contributed by atoms with Crippen molar-refractivity contribution in [1.82, 2.24) is 10.1 Å². The van der Waals surface area contributed by atoms with Crippen LogP contribution in [-0.2, 0) is 20.7 Å². The predicted octanol–water partition coefficient (Wildman–Crippen LogP) is 3.52. The van der Waals surface area contributed by atoms with E-state index >= 15 is 0 Å². The molecule has 1 atom stereocenters. The molecule has 150 valence electrons. The molecule has 0 aliphatic heterocycles. The molecule has 0 saturated heterocycles. The summed E-state index contributed by atoms with van der Waals surface area (Å²) in [7, 11) is 0. The summed E-state index contributed by atoms with van der Waals surface area (Å²) in [4.78, 5) is 28.2. The van der Waals surface area contributed by atoms with Gasteiger partial charge in [-0.05, 0) is 19.1 Å². The lowest BCUT2D eigenvalue weighted by molar-refractivity contribution is -0.153. The molecule has 3 rings (SSSR count). The number of anilines is 1. The normalized spacial score (nSPS) is 11.7. The Labute approximate surface area is 164 Å². The summed E-state index contributed by atoms with van der Waals surface area (Å²) < 4.78 is 36.8. The summed E-state index contributed by atoms with van der Waals surface area (Å²) in [5.74, 6) is -2.32. The summed E-state index contributed by atoms with van der Waals surface area (Å²) in [5.41, 5.74) is 0.442. The molecule has 1 amide bonds. The van der Waals surface area contributed by atoms with Gasteiger partial charge in [-0.15, -0.1) is 0 Å². The second kappa shape index (κ2) is 9.05. The topological polar surface area (TPSA) is 94.3 Å². The van der Waals surface area contributed by atoms with Crippen LogP contribution >= 0.6 is 0 Å². The predicted molar refractivity (Wildman–Crippen MR) is 98.6 cm³/mol. The summed E-state index contributed by atoms with van der Waals surface area (Å²) in [6.07, 6.45) is -1.17. The lowest BCUT2D eigenvalue weighted by Gasteiger charge is -2.13. The van der Waals surface area contributed by atoms with Gasteiger partial charge in [-0.25, -0.2) is 8.78 Å². The van der Waals surface area contributed by atoms with Crippen molar-refractivity contribution in [3.8, 4) is 11.4 Å². The second-order valence-electron chi connectivity index (χ2n) is 6.12. The fourth-order valence-electron chi connectivity index (χ4n) is 2.41. The molecule has 0 unspecified atom stereocenters. The van der Waals surface area contributed by atoms with Gasteiger partial charge < -0.3 is 14.6 Å². The first-order valence-electron chi connectivity index (χ1n) is 8.76. The first-order valence-corrected chi connectivity index (χ1v) is 8.76. The number of rotatable bonds is 7. The monoisotopic (exact) mass is 401 g/mol. The molecule has 2 aromatic carbocycles. The highest BCUT2D eigenvalue weighted by Gasteiger charge is 2.20. The van der Waals surface area contributed by atoms with Crippen molar-refractivity contribution < 1.29 is 27.6 Å². The van der Waals surface area contributed by atoms with Gasteiger partial charge in [0, 0.05) is 18.1 Å². The third-order valence-corrected chi connectivity index (χ3v) is 3.91. The van der Waals surface area contributed by atoms with Crippen LogP contribution in [0.25, 0.3) is 11.4 Å². The highest BCUT2D eigenvalue weighted by molar-refractivity contribution is 5.95. The molecule has 29 heavy (non-hydrogen) atoms. The van der Waals surface area contributed by atoms with E-state index in [-0.39, 0.29) is 24.4 Å². The third-order valence-electron chi connectivity index (χ3n) is 3.91. The number of ether oxygens (including phenoxy) is 1. The average Bonchev–Trinajstić information content (AvgIpc) is 3.19. The van der Waals surface area contributed by atoms with E-state index in [1.165, 1.54) is 6.92 Å². The lowest BCUT2D eigenvalue weighted by Crippen LogP contribution is -2.30. The third kappa shape index (κ3) is 5.44. The van der Waals surface area contributed by atoms with Crippen molar-refractivity contribution in [2.45, 2.75) is 25.9 Å². The number of nitrogens with one attached hydrogen (secondary N) is 1. The molecular weight excluding hydrogens is 384 g/mol. The van der Waals surface area contributed by atoms with Crippen LogP contribution < -0.4 is 5.32 Å². The molecule has 9 heteroatoms. The van der Waals surface area contributed by atoms with Gasteiger partial charge >= 0.3 is 5.97 Å². The maximum atomic E-state index is 13.6. The Hall–Kier alpha value is -3.62. The molecule has 3 aromatic rings. The summed E-state index contributed by atoms with van der Waals surface area (Å²) in [5, 5.41) is 6.03. The first kappa shape index (κ1) is 20.1. The van der Waals surface area contributed by atoms with Crippen LogP contribution in [0.5, 0.6) is 0 Å². The lowest BCUT2D eigenvalue weighted by atomic mass is 10.2. The molecule has 1 aromatic heterocycles. The quantitative estimate of drug-likeness (QED) is 0.609. The number of carbonyl (C=O) groups is 2. The van der Waals surface area contributed by atoms with E-state index < -0.39 is 29.6 Å². The molecule has 0 aliphatic rings. The second-order valence-corrected chi connectivity index (χ2v) is 6.12. The van der Waals surface area contributed by atoms with E-state index in [2.05, 4.69) is 15.5 Å². The number of aromatic nitrogens is 2. The molecule has 1 N–H and O–H groups in total. The van der Waals surface area contributed by atoms with Gasteiger partial charge in [0.1, 0.15) is 11.6 Å². The van der Waals surface area contributed by atoms with Crippen LogP contribution in [0.3, 0.4) is 0 Å². The molecular formula is C20H17F2N3O4. The molecule has 0 aliphatic carbocycles. The smallest absolute Gasteiger partial charge is 0.307 e. The van der Waals surface area contributed by atoms with Crippen LogP contribution in [0.1, 0.15) is 19.2 Å². The number of esters is 1. The zero-order chi connectivity index (χ0) is 20.8. The van der Waals surface area contributed by atoms with E-state index in [9.17, 15) is 18.4 Å². The highest BCUT2D eigenvalue weighted by Crippen LogP contribution is 2.17. The Balaban J connectivity index is 1.49. The van der Waals surface area contributed by atoms with E-state index in [1.54, 1.807) is 0 Å². The Kier molecular flexibility index (Phi) is 6.28. The number of hydrogen-bond donors (Lipinski definition) is 1. The van der Waals surface area contributed by atoms with Crippen LogP contribution in [-0.4, -0.2) is 28.1 Å². The number of halogens is 2. The number of benzene rings is 2. The first-order chi connectivity index (χ1) is 13.9. The maximum absolute atomic E-state index is 13.6. The van der Waals surface area contributed by atoms with Crippen LogP contribution in [0, 0.1) is 11.6 Å². The number of aryl methyl sites for hydroxylation is 1. The highest BCUT2D eigenvalue weighted by atomic mass is 19.1. The fourth-order valence-corrected chi connectivity index (χ4v) is 2.41. The Bertz CT molecular complexity index is 1010. The van der Waals surface area contributed by atoms with Crippen molar-refractivity contribution in [3.05, 3.63) is 66.1 Å². The molecule has 0 radical (unpaired) electrons. The van der Waals surface area contributed by atoms with Gasteiger partial charge in [-0.3, -0.25) is 9.59 Å². The Morgan fingerprint density at radius 1 is 1.17 bits per heavy atom. The van der Waals surface area contributed by atoms with Crippen LogP contribution in [0.15, 0.2) is 53.1 Å². The summed E-state index contributed by atoms with van der Waals surface area (Å²) in [6, 6.07) is 11.8. The van der Waals surface area contributed by atoms with Crippen molar-refractivity contribution in [2.75, 3.05) is 5.32 Å². The van der Waals surface area contributed by atoms with Gasteiger partial charge in [-0.1, -0.05) is 35.5 Å². The fraction of sp³-hybridized carbons (Fsp3) is 0.200. The van der Waals surface area contributed by atoms with Crippen LogP contribution in [0.2, 0.25) is 0 Å². The van der Waals surface area contributed by atoms with E-state index in [0.29, 0.717) is 5.82 Å². The van der Waals surface area contributed by atoms with E-state index in [1.807, 2.05) is 30.3 Å². The minimum absolute atomic E-state index is 0.0949. The molecule has 7 nitrogen and oxygen atoms in total. The maximum Gasteiger partial charge on any atom is 0.307 e. The minimum atomic E-state index is -1.20. The largest absolute Gasteiger partial charge is 0.453 e. The van der Waals surface area contributed by atoms with Gasteiger partial charge in [0.15, 0.2) is 6.10 Å². The summed E-state index contributed by atoms with van der Waals surface area (Å²) >= 11 is 0. The SMILES string of the molecule is C[C@@H](OC(=O)CCc1nc(-c2ccccc2)no1)C(=O)Nc1cc(F)ccc1F. The molecule has 0 saturated carbocycles. The Morgan fingerprint density at radius 3 is 2.69 bits per heavy atom. The van der Waals surface area contributed by atoms with Gasteiger partial charge in [0.25, 0.3) is 5.91 Å². The summed E-state index contributed by atoms with van der Waals surface area (Å²) in [6.45, 7) is 1.32. The zero-order valence-corrected chi connectivity index (χ0v) is 15.4. The molecule has 0 spiro atoms. The molecule has 0 fully saturated rings. The van der Waals surface area contributed by atoms with E-state index in [4.69, 9.17) is 9.26 Å². The van der Waals surface area contributed by atoms with E-state index in [0.717, 1.165) is 23.8 Å². The average molecular weight is 401 g/mol. The van der Waals surface area contributed by atoms with Crippen molar-refractivity contribution in [2.24, 2.45) is 0 Å². The van der Waals surface area contributed by atoms with Crippen molar-refractivity contribution in [1.29, 1.82) is 0 Å². The molecule has 1 heterocycles.